The average molecular weight is 384 g/mol. The van der Waals surface area contributed by atoms with Gasteiger partial charge in [-0.2, -0.15) is 0 Å². The molecule has 2 N–H and O–H groups in total. The highest BCUT2D eigenvalue weighted by molar-refractivity contribution is 9.10. The van der Waals surface area contributed by atoms with Crippen LogP contribution in [-0.4, -0.2) is 18.9 Å². The number of anilines is 2. The number of hydrogen-bond donors (Lipinski definition) is 2. The third kappa shape index (κ3) is 4.71. The molecule has 0 saturated carbocycles. The van der Waals surface area contributed by atoms with E-state index in [0.29, 0.717) is 11.5 Å². The Morgan fingerprint density at radius 3 is 2.18 bits per heavy atom. The molecule has 2 aromatic rings. The van der Waals surface area contributed by atoms with Gasteiger partial charge in [-0.15, -0.1) is 0 Å². The Bertz CT molecular complexity index is 736. The van der Waals surface area contributed by atoms with Gasteiger partial charge in [0.25, 0.3) is 10.0 Å². The van der Waals surface area contributed by atoms with E-state index in [4.69, 9.17) is 0 Å². The molecular weight excluding hydrogens is 366 g/mol. The fraction of sp³-hybridized carbons (Fsp3) is 0.267. The van der Waals surface area contributed by atoms with Crippen LogP contribution >= 0.6 is 15.9 Å². The monoisotopic (exact) mass is 383 g/mol. The van der Waals surface area contributed by atoms with E-state index in [1.165, 1.54) is 18.3 Å². The van der Waals surface area contributed by atoms with Gasteiger partial charge in [0.2, 0.25) is 0 Å². The zero-order valence-corrected chi connectivity index (χ0v) is 15.0. The van der Waals surface area contributed by atoms with Crippen molar-refractivity contribution in [3.8, 4) is 0 Å². The number of rotatable bonds is 4. The number of halogens is 1. The van der Waals surface area contributed by atoms with Crippen molar-refractivity contribution in [2.75, 3.05) is 10.0 Å². The largest absolute Gasteiger partial charge is 0.365 e. The summed E-state index contributed by atoms with van der Waals surface area (Å²) in [5, 5.41) is 3.22. The van der Waals surface area contributed by atoms with Crippen LogP contribution in [0.3, 0.4) is 0 Å². The van der Waals surface area contributed by atoms with Gasteiger partial charge >= 0.3 is 0 Å². The van der Waals surface area contributed by atoms with Crippen molar-refractivity contribution < 1.29 is 8.42 Å². The molecule has 7 heteroatoms. The molecule has 22 heavy (non-hydrogen) atoms. The van der Waals surface area contributed by atoms with E-state index >= 15 is 0 Å². The maximum absolute atomic E-state index is 12.3. The molecule has 1 aromatic heterocycles. The molecule has 0 aliphatic heterocycles. The second-order valence-corrected chi connectivity index (χ2v) is 8.46. The predicted molar refractivity (Wildman–Crippen MR) is 92.6 cm³/mol. The molecule has 0 saturated heterocycles. The summed E-state index contributed by atoms with van der Waals surface area (Å²) in [4.78, 5) is 4.41. The molecule has 118 valence electrons. The first-order valence-corrected chi connectivity index (χ1v) is 8.96. The van der Waals surface area contributed by atoms with Gasteiger partial charge < -0.3 is 5.32 Å². The van der Waals surface area contributed by atoms with Gasteiger partial charge in [0.15, 0.2) is 0 Å². The second-order valence-electron chi connectivity index (χ2n) is 5.87. The molecule has 0 amide bonds. The first-order valence-electron chi connectivity index (χ1n) is 6.68. The molecule has 1 aromatic carbocycles. The molecule has 5 nitrogen and oxygen atoms in total. The maximum atomic E-state index is 12.3. The summed E-state index contributed by atoms with van der Waals surface area (Å²) in [6.45, 7) is 6.08. The van der Waals surface area contributed by atoms with Crippen molar-refractivity contribution in [3.63, 3.8) is 0 Å². The first kappa shape index (κ1) is 16.8. The van der Waals surface area contributed by atoms with Crippen LogP contribution < -0.4 is 10.0 Å². The third-order valence-electron chi connectivity index (χ3n) is 2.64. The summed E-state index contributed by atoms with van der Waals surface area (Å²) in [5.74, 6) is 0.694. The number of benzene rings is 1. The second kappa shape index (κ2) is 6.26. The van der Waals surface area contributed by atoms with E-state index < -0.39 is 10.0 Å². The Labute approximate surface area is 139 Å². The fourth-order valence-corrected chi connectivity index (χ4v) is 3.05. The van der Waals surface area contributed by atoms with Crippen LogP contribution in [-0.2, 0) is 10.0 Å². The predicted octanol–water partition coefficient (Wildman–Crippen LogP) is 3.86. The smallest absolute Gasteiger partial charge is 0.261 e. The van der Waals surface area contributed by atoms with Crippen LogP contribution in [0.15, 0.2) is 52.0 Å². The summed E-state index contributed by atoms with van der Waals surface area (Å²) in [5.41, 5.74) is 0.313. The minimum atomic E-state index is -3.61. The lowest BCUT2D eigenvalue weighted by molar-refractivity contribution is 0.601. The number of hydrogen-bond acceptors (Lipinski definition) is 4. The minimum Gasteiger partial charge on any atom is -0.365 e. The highest BCUT2D eigenvalue weighted by atomic mass is 79.9. The number of nitrogens with zero attached hydrogens (tertiary/aromatic N) is 1. The van der Waals surface area contributed by atoms with Crippen molar-refractivity contribution >= 4 is 37.5 Å². The Balaban J connectivity index is 2.14. The zero-order chi connectivity index (χ0) is 16.4. The molecule has 0 fully saturated rings. The van der Waals surface area contributed by atoms with Gasteiger partial charge in [0, 0.05) is 10.0 Å². The number of aromatic nitrogens is 1. The summed E-state index contributed by atoms with van der Waals surface area (Å²) in [7, 11) is -3.61. The van der Waals surface area contributed by atoms with Crippen LogP contribution in [0.25, 0.3) is 0 Å². The van der Waals surface area contributed by atoms with Gasteiger partial charge in [-0.1, -0.05) is 15.9 Å². The minimum absolute atomic E-state index is 0.106. The topological polar surface area (TPSA) is 71.1 Å². The third-order valence-corrected chi connectivity index (χ3v) is 4.57. The van der Waals surface area contributed by atoms with E-state index in [9.17, 15) is 8.42 Å². The number of sulfonamides is 1. The molecular formula is C15H18BrN3O2S. The molecule has 1 heterocycles. The molecule has 0 atom stereocenters. The first-order chi connectivity index (χ1) is 10.2. The number of nitrogens with one attached hydrogen (secondary N) is 2. The molecule has 0 radical (unpaired) electrons. The summed E-state index contributed by atoms with van der Waals surface area (Å²) < 4.78 is 27.8. The fourth-order valence-electron chi connectivity index (χ4n) is 1.74. The quantitative estimate of drug-likeness (QED) is 0.840. The van der Waals surface area contributed by atoms with Gasteiger partial charge in [-0.05, 0) is 57.2 Å². The Hall–Kier alpha value is -1.60. The molecule has 0 bridgehead atoms. The van der Waals surface area contributed by atoms with Crippen LogP contribution in [0.1, 0.15) is 20.8 Å². The summed E-state index contributed by atoms with van der Waals surface area (Å²) in [6, 6.07) is 9.86. The molecule has 2 rings (SSSR count). The van der Waals surface area contributed by atoms with Gasteiger partial charge in [0.1, 0.15) is 5.82 Å². The highest BCUT2D eigenvalue weighted by Gasteiger charge is 2.15. The average Bonchev–Trinajstić information content (AvgIpc) is 2.39. The Morgan fingerprint density at radius 2 is 1.68 bits per heavy atom. The lowest BCUT2D eigenvalue weighted by Gasteiger charge is -2.21. The lowest BCUT2D eigenvalue weighted by atomic mass is 10.1. The van der Waals surface area contributed by atoms with E-state index in [1.54, 1.807) is 24.3 Å². The Kier molecular flexibility index (Phi) is 4.77. The molecule has 0 aliphatic carbocycles. The van der Waals surface area contributed by atoms with Crippen LogP contribution in [0.5, 0.6) is 0 Å². The molecule has 0 unspecified atom stereocenters. The van der Waals surface area contributed by atoms with Crippen molar-refractivity contribution in [2.24, 2.45) is 0 Å². The van der Waals surface area contributed by atoms with Crippen molar-refractivity contribution in [1.29, 1.82) is 0 Å². The van der Waals surface area contributed by atoms with Crippen LogP contribution in [0.2, 0.25) is 0 Å². The van der Waals surface area contributed by atoms with Gasteiger partial charge in [-0.25, -0.2) is 13.4 Å². The molecule has 0 spiro atoms. The van der Waals surface area contributed by atoms with Crippen molar-refractivity contribution in [1.82, 2.24) is 4.98 Å². The van der Waals surface area contributed by atoms with Gasteiger partial charge in [-0.3, -0.25) is 4.72 Å². The van der Waals surface area contributed by atoms with E-state index in [-0.39, 0.29) is 10.4 Å². The maximum Gasteiger partial charge on any atom is 0.261 e. The van der Waals surface area contributed by atoms with Crippen molar-refractivity contribution in [3.05, 3.63) is 47.1 Å². The highest BCUT2D eigenvalue weighted by Crippen LogP contribution is 2.19. The van der Waals surface area contributed by atoms with Gasteiger partial charge in [0.05, 0.1) is 16.8 Å². The standard InChI is InChI=1S/C15H18BrN3O2S/c1-15(2,3)18-14-9-6-12(10-17-14)19-22(20,21)13-7-4-11(16)5-8-13/h4-10,19H,1-3H3,(H,17,18). The number of pyridine rings is 1. The zero-order valence-electron chi connectivity index (χ0n) is 12.6. The van der Waals surface area contributed by atoms with Crippen LogP contribution in [0, 0.1) is 0 Å². The molecule has 0 aliphatic rings. The SMILES string of the molecule is CC(C)(C)Nc1ccc(NS(=O)(=O)c2ccc(Br)cc2)cn1. The van der Waals surface area contributed by atoms with Crippen LogP contribution in [0.4, 0.5) is 11.5 Å². The van der Waals surface area contributed by atoms with Crippen molar-refractivity contribution in [2.45, 2.75) is 31.2 Å². The van der Waals surface area contributed by atoms with E-state index in [1.807, 2.05) is 20.8 Å². The summed E-state index contributed by atoms with van der Waals surface area (Å²) >= 11 is 3.28. The van der Waals surface area contributed by atoms with E-state index in [0.717, 1.165) is 4.47 Å². The lowest BCUT2D eigenvalue weighted by Crippen LogP contribution is -2.26. The summed E-state index contributed by atoms with van der Waals surface area (Å²) in [6.07, 6.45) is 1.49. The van der Waals surface area contributed by atoms with E-state index in [2.05, 4.69) is 31.0 Å². The normalized spacial score (nSPS) is 12.0. The Morgan fingerprint density at radius 1 is 1.05 bits per heavy atom.